The first kappa shape index (κ1) is 18.6. The van der Waals surface area contributed by atoms with Gasteiger partial charge in [0.2, 0.25) is 0 Å². The molecule has 5 heteroatoms. The van der Waals surface area contributed by atoms with E-state index in [-0.39, 0.29) is 11.7 Å². The van der Waals surface area contributed by atoms with E-state index in [0.717, 1.165) is 11.3 Å². The van der Waals surface area contributed by atoms with Gasteiger partial charge in [0, 0.05) is 6.54 Å². The van der Waals surface area contributed by atoms with Crippen LogP contribution >= 0.6 is 0 Å². The van der Waals surface area contributed by atoms with Gasteiger partial charge in [-0.25, -0.2) is 9.18 Å². The average molecular weight is 337 g/mol. The van der Waals surface area contributed by atoms with Crippen LogP contribution in [0.4, 0.5) is 9.18 Å². The van der Waals surface area contributed by atoms with E-state index in [1.165, 1.54) is 25.0 Å². The van der Waals surface area contributed by atoms with Crippen molar-refractivity contribution in [1.29, 1.82) is 0 Å². The SMILES string of the molecule is CC(CCNC(=O)OC(C)(C)C)c1cc(F)ccc1OCC1CC1. The highest BCUT2D eigenvalue weighted by molar-refractivity contribution is 5.67. The molecule has 4 nitrogen and oxygen atoms in total. The van der Waals surface area contributed by atoms with Gasteiger partial charge in [0.05, 0.1) is 6.61 Å². The first-order valence-electron chi connectivity index (χ1n) is 8.63. The lowest BCUT2D eigenvalue weighted by Crippen LogP contribution is -2.33. The van der Waals surface area contributed by atoms with Crippen molar-refractivity contribution in [1.82, 2.24) is 5.32 Å². The number of nitrogens with one attached hydrogen (secondary N) is 1. The lowest BCUT2D eigenvalue weighted by molar-refractivity contribution is 0.0526. The molecule has 1 aromatic rings. The van der Waals surface area contributed by atoms with E-state index in [9.17, 15) is 9.18 Å². The Morgan fingerprint density at radius 3 is 2.71 bits per heavy atom. The van der Waals surface area contributed by atoms with Crippen molar-refractivity contribution in [2.75, 3.05) is 13.2 Å². The zero-order valence-electron chi connectivity index (χ0n) is 15.0. The minimum Gasteiger partial charge on any atom is -0.493 e. The first-order valence-corrected chi connectivity index (χ1v) is 8.63. The molecular formula is C19H28FNO3. The second-order valence-corrected chi connectivity index (χ2v) is 7.55. The monoisotopic (exact) mass is 337 g/mol. The van der Waals surface area contributed by atoms with Gasteiger partial charge in [-0.1, -0.05) is 6.92 Å². The van der Waals surface area contributed by atoms with Crippen molar-refractivity contribution in [3.05, 3.63) is 29.6 Å². The number of hydrogen-bond acceptors (Lipinski definition) is 3. The molecule has 1 unspecified atom stereocenters. The van der Waals surface area contributed by atoms with Crippen LogP contribution in [-0.4, -0.2) is 24.8 Å². The Labute approximate surface area is 143 Å². The average Bonchev–Trinajstić information content (AvgIpc) is 3.28. The van der Waals surface area contributed by atoms with Crippen LogP contribution in [0.1, 0.15) is 58.4 Å². The molecule has 1 N–H and O–H groups in total. The third kappa shape index (κ3) is 6.38. The van der Waals surface area contributed by atoms with Crippen molar-refractivity contribution in [3.63, 3.8) is 0 Å². The molecule has 1 saturated carbocycles. The van der Waals surface area contributed by atoms with Crippen LogP contribution in [0.15, 0.2) is 18.2 Å². The Morgan fingerprint density at radius 2 is 2.08 bits per heavy atom. The van der Waals surface area contributed by atoms with Crippen LogP contribution in [-0.2, 0) is 4.74 Å². The first-order chi connectivity index (χ1) is 11.2. The number of rotatable bonds is 7. The van der Waals surface area contributed by atoms with Crippen LogP contribution in [0.3, 0.4) is 0 Å². The summed E-state index contributed by atoms with van der Waals surface area (Å²) < 4.78 is 24.7. The molecule has 1 aromatic carbocycles. The highest BCUT2D eigenvalue weighted by Crippen LogP contribution is 2.33. The fourth-order valence-corrected chi connectivity index (χ4v) is 2.39. The van der Waals surface area contributed by atoms with Crippen LogP contribution in [0, 0.1) is 11.7 Å². The number of benzene rings is 1. The van der Waals surface area contributed by atoms with Gasteiger partial charge in [-0.3, -0.25) is 0 Å². The highest BCUT2D eigenvalue weighted by Gasteiger charge is 2.23. The molecule has 0 spiro atoms. The van der Waals surface area contributed by atoms with Gasteiger partial charge < -0.3 is 14.8 Å². The minimum absolute atomic E-state index is 0.0739. The summed E-state index contributed by atoms with van der Waals surface area (Å²) in [6.07, 6.45) is 2.68. The summed E-state index contributed by atoms with van der Waals surface area (Å²) in [7, 11) is 0. The summed E-state index contributed by atoms with van der Waals surface area (Å²) in [5, 5.41) is 2.74. The van der Waals surface area contributed by atoms with E-state index in [2.05, 4.69) is 5.32 Å². The van der Waals surface area contributed by atoms with Gasteiger partial charge in [0.15, 0.2) is 0 Å². The van der Waals surface area contributed by atoms with Gasteiger partial charge in [0.25, 0.3) is 0 Å². The zero-order chi connectivity index (χ0) is 17.7. The number of alkyl carbamates (subject to hydrolysis) is 1. The lowest BCUT2D eigenvalue weighted by Gasteiger charge is -2.21. The number of carbonyl (C=O) groups excluding carboxylic acids is 1. The molecule has 0 aliphatic heterocycles. The Kier molecular flexibility index (Phi) is 6.08. The summed E-state index contributed by atoms with van der Waals surface area (Å²) in [5.41, 5.74) is 0.337. The van der Waals surface area contributed by atoms with Crippen LogP contribution in [0.5, 0.6) is 5.75 Å². The number of carbonyl (C=O) groups is 1. The number of halogens is 1. The molecule has 24 heavy (non-hydrogen) atoms. The standard InChI is InChI=1S/C19H28FNO3/c1-13(9-10-21-18(22)24-19(2,3)4)16-11-15(20)7-8-17(16)23-12-14-5-6-14/h7-8,11,13-14H,5-6,9-10,12H2,1-4H3,(H,21,22). The fraction of sp³-hybridized carbons (Fsp3) is 0.632. The van der Waals surface area contributed by atoms with Gasteiger partial charge in [-0.15, -0.1) is 0 Å². The molecule has 2 rings (SSSR count). The van der Waals surface area contributed by atoms with Gasteiger partial charge >= 0.3 is 6.09 Å². The molecule has 1 aliphatic carbocycles. The summed E-state index contributed by atoms with van der Waals surface area (Å²) in [6.45, 7) is 8.65. The topological polar surface area (TPSA) is 47.6 Å². The second-order valence-electron chi connectivity index (χ2n) is 7.55. The Morgan fingerprint density at radius 1 is 1.38 bits per heavy atom. The van der Waals surface area contributed by atoms with Crippen LogP contribution < -0.4 is 10.1 Å². The maximum Gasteiger partial charge on any atom is 0.407 e. The molecule has 1 atom stereocenters. The Balaban J connectivity index is 1.87. The van der Waals surface area contributed by atoms with Gasteiger partial charge in [-0.2, -0.15) is 0 Å². The summed E-state index contributed by atoms with van der Waals surface area (Å²) in [5.74, 6) is 1.20. The highest BCUT2D eigenvalue weighted by atomic mass is 19.1. The van der Waals surface area contributed by atoms with Gasteiger partial charge in [0.1, 0.15) is 17.2 Å². The molecule has 0 aromatic heterocycles. The van der Waals surface area contributed by atoms with Crippen molar-refractivity contribution in [2.45, 2.75) is 58.5 Å². The maximum atomic E-state index is 13.6. The fourth-order valence-electron chi connectivity index (χ4n) is 2.39. The molecule has 1 fully saturated rings. The Bertz CT molecular complexity index is 564. The smallest absolute Gasteiger partial charge is 0.407 e. The van der Waals surface area contributed by atoms with E-state index in [1.54, 1.807) is 6.07 Å². The summed E-state index contributed by atoms with van der Waals surface area (Å²) in [6, 6.07) is 4.66. The van der Waals surface area contributed by atoms with Crippen LogP contribution in [0.25, 0.3) is 0 Å². The minimum atomic E-state index is -0.512. The zero-order valence-corrected chi connectivity index (χ0v) is 15.0. The van der Waals surface area contributed by atoms with Crippen molar-refractivity contribution in [3.8, 4) is 5.75 Å². The third-order valence-corrected chi connectivity index (χ3v) is 3.92. The molecular weight excluding hydrogens is 309 g/mol. The van der Waals surface area contributed by atoms with E-state index in [0.29, 0.717) is 25.5 Å². The molecule has 1 aliphatic rings. The van der Waals surface area contributed by atoms with E-state index in [4.69, 9.17) is 9.47 Å². The van der Waals surface area contributed by atoms with Crippen molar-refractivity contribution >= 4 is 6.09 Å². The molecule has 1 amide bonds. The van der Waals surface area contributed by atoms with Gasteiger partial charge in [-0.05, 0) is 75.6 Å². The normalized spacial score (nSPS) is 15.7. The maximum absolute atomic E-state index is 13.6. The molecule has 134 valence electrons. The second kappa shape index (κ2) is 7.86. The summed E-state index contributed by atoms with van der Waals surface area (Å²) >= 11 is 0. The van der Waals surface area contributed by atoms with Crippen LogP contribution in [0.2, 0.25) is 0 Å². The van der Waals surface area contributed by atoms with E-state index in [1.807, 2.05) is 27.7 Å². The Hall–Kier alpha value is -1.78. The molecule has 0 saturated heterocycles. The predicted octanol–water partition coefficient (Wildman–Crippen LogP) is 4.63. The molecule has 0 heterocycles. The molecule has 0 bridgehead atoms. The number of hydrogen-bond donors (Lipinski definition) is 1. The number of amides is 1. The predicted molar refractivity (Wildman–Crippen MR) is 91.9 cm³/mol. The lowest BCUT2D eigenvalue weighted by atomic mass is 9.96. The molecule has 0 radical (unpaired) electrons. The largest absolute Gasteiger partial charge is 0.493 e. The van der Waals surface area contributed by atoms with E-state index < -0.39 is 11.7 Å². The third-order valence-electron chi connectivity index (χ3n) is 3.92. The van der Waals surface area contributed by atoms with Crippen molar-refractivity contribution < 1.29 is 18.7 Å². The van der Waals surface area contributed by atoms with Crippen molar-refractivity contribution in [2.24, 2.45) is 5.92 Å². The summed E-state index contributed by atoms with van der Waals surface area (Å²) in [4.78, 5) is 11.7. The number of ether oxygens (including phenoxy) is 2. The van der Waals surface area contributed by atoms with E-state index >= 15 is 0 Å². The quantitative estimate of drug-likeness (QED) is 0.789.